The molecule has 120 valence electrons. The predicted molar refractivity (Wildman–Crippen MR) is 83.1 cm³/mol. The topological polar surface area (TPSA) is 24.8 Å². The van der Waals surface area contributed by atoms with Gasteiger partial charge in [0.1, 0.15) is 18.2 Å². The summed E-state index contributed by atoms with van der Waals surface area (Å²) < 4.78 is 26.6. The Bertz CT molecular complexity index is 680. The number of carbonyl (C=O) groups excluding carboxylic acids is 1. The molecule has 3 rings (SSSR count). The molecule has 0 aliphatic carbocycles. The SMILES string of the molecule is O=C(c1ccccc1F)N1CC[NH+](Cc2ccc(F)cc2)CC1. The second-order valence-electron chi connectivity index (χ2n) is 5.83. The predicted octanol–water partition coefficient (Wildman–Crippen LogP) is 1.51. The van der Waals surface area contributed by atoms with E-state index < -0.39 is 5.82 Å². The zero-order chi connectivity index (χ0) is 16.2. The van der Waals surface area contributed by atoms with Crippen molar-refractivity contribution < 1.29 is 18.5 Å². The van der Waals surface area contributed by atoms with Crippen LogP contribution in [0.4, 0.5) is 8.78 Å². The Morgan fingerprint density at radius 3 is 2.30 bits per heavy atom. The van der Waals surface area contributed by atoms with Crippen LogP contribution in [0.15, 0.2) is 48.5 Å². The van der Waals surface area contributed by atoms with Gasteiger partial charge in [-0.25, -0.2) is 8.78 Å². The van der Waals surface area contributed by atoms with Gasteiger partial charge >= 0.3 is 0 Å². The standard InChI is InChI=1S/C18H18F2N2O/c19-15-7-5-14(6-8-15)13-21-9-11-22(12-10-21)18(23)16-3-1-2-4-17(16)20/h1-8H,9-13H2/p+1. The number of benzene rings is 2. The molecule has 1 aliphatic heterocycles. The van der Waals surface area contributed by atoms with Crippen molar-refractivity contribution in [3.05, 3.63) is 71.3 Å². The highest BCUT2D eigenvalue weighted by Crippen LogP contribution is 2.10. The Morgan fingerprint density at radius 2 is 1.65 bits per heavy atom. The first kappa shape index (κ1) is 15.6. The van der Waals surface area contributed by atoms with Gasteiger partial charge in [0.05, 0.1) is 31.7 Å². The van der Waals surface area contributed by atoms with Crippen LogP contribution in [0.25, 0.3) is 0 Å². The van der Waals surface area contributed by atoms with Crippen LogP contribution in [-0.4, -0.2) is 37.0 Å². The van der Waals surface area contributed by atoms with E-state index in [9.17, 15) is 13.6 Å². The van der Waals surface area contributed by atoms with E-state index in [1.165, 1.54) is 29.2 Å². The van der Waals surface area contributed by atoms with E-state index >= 15 is 0 Å². The molecule has 0 saturated carbocycles. The Labute approximate surface area is 134 Å². The number of hydrogen-bond donors (Lipinski definition) is 1. The van der Waals surface area contributed by atoms with Crippen LogP contribution < -0.4 is 4.90 Å². The van der Waals surface area contributed by atoms with Crippen LogP contribution in [0.2, 0.25) is 0 Å². The monoisotopic (exact) mass is 317 g/mol. The van der Waals surface area contributed by atoms with Gasteiger partial charge in [-0.15, -0.1) is 0 Å². The minimum Gasteiger partial charge on any atom is -0.328 e. The van der Waals surface area contributed by atoms with Crippen LogP contribution in [0.3, 0.4) is 0 Å². The first-order valence-corrected chi connectivity index (χ1v) is 7.75. The van der Waals surface area contributed by atoms with Gasteiger partial charge in [0.25, 0.3) is 5.91 Å². The lowest BCUT2D eigenvalue weighted by molar-refractivity contribution is -0.917. The van der Waals surface area contributed by atoms with Crippen molar-refractivity contribution in [2.75, 3.05) is 26.2 Å². The molecule has 1 saturated heterocycles. The molecular weight excluding hydrogens is 298 g/mol. The molecule has 5 heteroatoms. The first-order valence-electron chi connectivity index (χ1n) is 7.75. The van der Waals surface area contributed by atoms with Crippen molar-refractivity contribution in [1.29, 1.82) is 0 Å². The number of halogens is 2. The Kier molecular flexibility index (Phi) is 4.67. The zero-order valence-corrected chi connectivity index (χ0v) is 12.8. The molecule has 0 unspecified atom stereocenters. The number of piperazine rings is 1. The normalized spacial score (nSPS) is 15.7. The Hall–Kier alpha value is -2.27. The molecule has 0 spiro atoms. The van der Waals surface area contributed by atoms with Gasteiger partial charge in [-0.3, -0.25) is 4.79 Å². The van der Waals surface area contributed by atoms with Crippen LogP contribution in [-0.2, 0) is 6.54 Å². The molecule has 0 aromatic heterocycles. The second kappa shape index (κ2) is 6.87. The molecular formula is C18H19F2N2O+. The van der Waals surface area contributed by atoms with Crippen molar-refractivity contribution in [1.82, 2.24) is 4.90 Å². The third-order valence-corrected chi connectivity index (χ3v) is 4.23. The van der Waals surface area contributed by atoms with E-state index in [0.717, 1.165) is 25.2 Å². The third-order valence-electron chi connectivity index (χ3n) is 4.23. The molecule has 2 aromatic rings. The lowest BCUT2D eigenvalue weighted by Gasteiger charge is -2.32. The minimum atomic E-state index is -0.474. The first-order chi connectivity index (χ1) is 11.1. The summed E-state index contributed by atoms with van der Waals surface area (Å²) in [5, 5.41) is 0. The van der Waals surface area contributed by atoms with Crippen LogP contribution in [0.1, 0.15) is 15.9 Å². The maximum absolute atomic E-state index is 13.7. The largest absolute Gasteiger partial charge is 0.328 e. The Balaban J connectivity index is 1.57. The number of carbonyl (C=O) groups is 1. The van der Waals surface area contributed by atoms with Crippen LogP contribution >= 0.6 is 0 Å². The van der Waals surface area contributed by atoms with Gasteiger partial charge in [0.2, 0.25) is 0 Å². The summed E-state index contributed by atoms with van der Waals surface area (Å²) in [6.07, 6.45) is 0. The molecule has 0 atom stereocenters. The minimum absolute atomic E-state index is 0.134. The molecule has 23 heavy (non-hydrogen) atoms. The highest BCUT2D eigenvalue weighted by atomic mass is 19.1. The van der Waals surface area contributed by atoms with E-state index in [-0.39, 0.29) is 17.3 Å². The molecule has 1 fully saturated rings. The lowest BCUT2D eigenvalue weighted by Crippen LogP contribution is -3.13. The molecule has 0 bridgehead atoms. The van der Waals surface area contributed by atoms with Crippen molar-refractivity contribution >= 4 is 5.91 Å². The smallest absolute Gasteiger partial charge is 0.257 e. The molecule has 1 aliphatic rings. The van der Waals surface area contributed by atoms with Gasteiger partial charge in [-0.2, -0.15) is 0 Å². The molecule has 1 heterocycles. The Morgan fingerprint density at radius 1 is 1.00 bits per heavy atom. The summed E-state index contributed by atoms with van der Waals surface area (Å²) in [6, 6.07) is 12.6. The highest BCUT2D eigenvalue weighted by molar-refractivity contribution is 5.94. The summed E-state index contributed by atoms with van der Waals surface area (Å²) in [5.41, 5.74) is 1.21. The maximum Gasteiger partial charge on any atom is 0.257 e. The second-order valence-corrected chi connectivity index (χ2v) is 5.83. The highest BCUT2D eigenvalue weighted by Gasteiger charge is 2.25. The average molecular weight is 317 g/mol. The van der Waals surface area contributed by atoms with E-state index in [1.807, 2.05) is 0 Å². The fraction of sp³-hybridized carbons (Fsp3) is 0.278. The molecule has 3 nitrogen and oxygen atoms in total. The van der Waals surface area contributed by atoms with Gasteiger partial charge < -0.3 is 9.80 Å². The fourth-order valence-electron chi connectivity index (χ4n) is 2.90. The van der Waals surface area contributed by atoms with Gasteiger partial charge in [0.15, 0.2) is 0 Å². The maximum atomic E-state index is 13.7. The molecule has 0 radical (unpaired) electrons. The van der Waals surface area contributed by atoms with Gasteiger partial charge in [0, 0.05) is 5.56 Å². The van der Waals surface area contributed by atoms with E-state index in [2.05, 4.69) is 0 Å². The number of rotatable bonds is 3. The van der Waals surface area contributed by atoms with Crippen LogP contribution in [0.5, 0.6) is 0 Å². The molecule has 2 aromatic carbocycles. The summed E-state index contributed by atoms with van der Waals surface area (Å²) in [5.74, 6) is -0.952. The van der Waals surface area contributed by atoms with Crippen LogP contribution in [0, 0.1) is 11.6 Å². The summed E-state index contributed by atoms with van der Waals surface area (Å²) in [4.78, 5) is 15.4. The summed E-state index contributed by atoms with van der Waals surface area (Å²) in [7, 11) is 0. The summed E-state index contributed by atoms with van der Waals surface area (Å²) >= 11 is 0. The lowest BCUT2D eigenvalue weighted by atomic mass is 10.1. The number of nitrogens with zero attached hydrogens (tertiary/aromatic N) is 1. The fourth-order valence-corrected chi connectivity index (χ4v) is 2.90. The zero-order valence-electron chi connectivity index (χ0n) is 12.8. The van der Waals surface area contributed by atoms with Gasteiger partial charge in [-0.1, -0.05) is 24.3 Å². The van der Waals surface area contributed by atoms with Crippen molar-refractivity contribution in [2.24, 2.45) is 0 Å². The van der Waals surface area contributed by atoms with E-state index in [0.29, 0.717) is 13.1 Å². The molecule has 1 amide bonds. The molecule has 1 N–H and O–H groups in total. The van der Waals surface area contributed by atoms with E-state index in [4.69, 9.17) is 0 Å². The van der Waals surface area contributed by atoms with Crippen molar-refractivity contribution in [2.45, 2.75) is 6.54 Å². The van der Waals surface area contributed by atoms with Gasteiger partial charge in [-0.05, 0) is 24.3 Å². The third kappa shape index (κ3) is 3.74. The average Bonchev–Trinajstić information content (AvgIpc) is 2.57. The van der Waals surface area contributed by atoms with E-state index in [1.54, 1.807) is 29.2 Å². The number of nitrogens with one attached hydrogen (secondary N) is 1. The van der Waals surface area contributed by atoms with Crippen molar-refractivity contribution in [3.63, 3.8) is 0 Å². The number of hydrogen-bond acceptors (Lipinski definition) is 1. The number of amides is 1. The quantitative estimate of drug-likeness (QED) is 0.912. The summed E-state index contributed by atoms with van der Waals surface area (Å²) in [6.45, 7) is 3.62. The van der Waals surface area contributed by atoms with Crippen molar-refractivity contribution in [3.8, 4) is 0 Å². The number of quaternary nitrogens is 1.